The average Bonchev–Trinajstić information content (AvgIpc) is 3.17. The molecule has 7 heteroatoms. The molecular weight excluding hydrogens is 421 g/mol. The molecule has 1 aromatic heterocycles. The Labute approximate surface area is 161 Å². The van der Waals surface area contributed by atoms with Crippen LogP contribution in [0, 0.1) is 6.92 Å². The van der Waals surface area contributed by atoms with Crippen LogP contribution in [0.1, 0.15) is 43.0 Å². The number of hydrogen-bond donors (Lipinski definition) is 2. The quantitative estimate of drug-likeness (QED) is 0.380. The van der Waals surface area contributed by atoms with Crippen molar-refractivity contribution in [1.82, 2.24) is 20.5 Å². The number of rotatable bonds is 7. The molecule has 1 fully saturated rings. The standard InChI is InChI=1S/C16H29N5S.HI/c1-4-14(21-8-6-7-9-21)11-19-16(17-5-2)20-12-15-18-10-13(3)22-15;/h10,14H,4-9,11-12H2,1-3H3,(H2,17,19,20);1H. The summed E-state index contributed by atoms with van der Waals surface area (Å²) in [7, 11) is 0. The fourth-order valence-electron chi connectivity index (χ4n) is 2.82. The number of likely N-dealkylation sites (tertiary alicyclic amines) is 1. The highest BCUT2D eigenvalue weighted by Crippen LogP contribution is 2.14. The molecule has 0 spiro atoms. The molecule has 1 aliphatic rings. The van der Waals surface area contributed by atoms with Gasteiger partial charge in [0.05, 0.1) is 6.54 Å². The maximum Gasteiger partial charge on any atom is 0.191 e. The van der Waals surface area contributed by atoms with Gasteiger partial charge in [0.1, 0.15) is 5.01 Å². The van der Waals surface area contributed by atoms with Crippen LogP contribution in [0.2, 0.25) is 0 Å². The second kappa shape index (κ2) is 11.2. The number of thiazole rings is 1. The smallest absolute Gasteiger partial charge is 0.191 e. The van der Waals surface area contributed by atoms with Crippen LogP contribution in [0.15, 0.2) is 11.2 Å². The Morgan fingerprint density at radius 1 is 1.35 bits per heavy atom. The average molecular weight is 451 g/mol. The van der Waals surface area contributed by atoms with Gasteiger partial charge in [-0.1, -0.05) is 6.92 Å². The summed E-state index contributed by atoms with van der Waals surface area (Å²) in [5, 5.41) is 7.90. The van der Waals surface area contributed by atoms with Gasteiger partial charge in [0.25, 0.3) is 0 Å². The van der Waals surface area contributed by atoms with E-state index in [-0.39, 0.29) is 24.0 Å². The van der Waals surface area contributed by atoms with Crippen molar-refractivity contribution in [3.05, 3.63) is 16.1 Å². The molecule has 0 aromatic carbocycles. The van der Waals surface area contributed by atoms with Gasteiger partial charge in [0, 0.05) is 30.2 Å². The zero-order valence-corrected chi connectivity index (χ0v) is 17.6. The number of aryl methyl sites for hydroxylation is 1. The predicted molar refractivity (Wildman–Crippen MR) is 110 cm³/mol. The highest BCUT2D eigenvalue weighted by Gasteiger charge is 2.20. The van der Waals surface area contributed by atoms with Gasteiger partial charge in [-0.2, -0.15) is 0 Å². The molecule has 0 amide bonds. The van der Waals surface area contributed by atoms with E-state index in [0.717, 1.165) is 24.1 Å². The van der Waals surface area contributed by atoms with E-state index in [0.29, 0.717) is 12.6 Å². The maximum atomic E-state index is 4.65. The lowest BCUT2D eigenvalue weighted by Crippen LogP contribution is -2.46. The third-order valence-corrected chi connectivity index (χ3v) is 4.92. The van der Waals surface area contributed by atoms with E-state index in [1.807, 2.05) is 6.20 Å². The lowest BCUT2D eigenvalue weighted by Gasteiger charge is -2.27. The van der Waals surface area contributed by atoms with Crippen LogP contribution < -0.4 is 10.6 Å². The Kier molecular flexibility index (Phi) is 10.0. The van der Waals surface area contributed by atoms with Crippen molar-refractivity contribution in [3.63, 3.8) is 0 Å². The maximum absolute atomic E-state index is 4.65. The minimum absolute atomic E-state index is 0. The highest BCUT2D eigenvalue weighted by molar-refractivity contribution is 14.0. The molecule has 0 aliphatic carbocycles. The van der Waals surface area contributed by atoms with Gasteiger partial charge in [-0.15, -0.1) is 35.3 Å². The Hall–Kier alpha value is -0.410. The van der Waals surface area contributed by atoms with Crippen molar-refractivity contribution in [2.75, 3.05) is 26.2 Å². The molecule has 0 radical (unpaired) electrons. The molecule has 2 rings (SSSR count). The van der Waals surface area contributed by atoms with Gasteiger partial charge in [-0.05, 0) is 46.2 Å². The lowest BCUT2D eigenvalue weighted by atomic mass is 10.2. The second-order valence-corrected chi connectivity index (χ2v) is 7.07. The predicted octanol–water partition coefficient (Wildman–Crippen LogP) is 3.00. The molecule has 1 aliphatic heterocycles. The van der Waals surface area contributed by atoms with E-state index in [1.54, 1.807) is 11.3 Å². The molecule has 1 atom stereocenters. The normalized spacial score (nSPS) is 16.9. The van der Waals surface area contributed by atoms with Crippen LogP contribution in [0.5, 0.6) is 0 Å². The number of guanidine groups is 1. The van der Waals surface area contributed by atoms with Crippen molar-refractivity contribution >= 4 is 41.3 Å². The second-order valence-electron chi connectivity index (χ2n) is 5.75. The summed E-state index contributed by atoms with van der Waals surface area (Å²) in [5.41, 5.74) is 0. The SMILES string of the molecule is CCNC(=NCc1ncc(C)s1)NCC(CC)N1CCCC1.I. The summed E-state index contributed by atoms with van der Waals surface area (Å²) in [6, 6.07) is 0.605. The Morgan fingerprint density at radius 2 is 2.09 bits per heavy atom. The molecule has 5 nitrogen and oxygen atoms in total. The molecule has 23 heavy (non-hydrogen) atoms. The van der Waals surface area contributed by atoms with Gasteiger partial charge in [-0.3, -0.25) is 4.90 Å². The van der Waals surface area contributed by atoms with Crippen LogP contribution in [-0.2, 0) is 6.54 Å². The van der Waals surface area contributed by atoms with Gasteiger partial charge in [0.15, 0.2) is 5.96 Å². The first-order chi connectivity index (χ1) is 10.7. The van der Waals surface area contributed by atoms with Gasteiger partial charge < -0.3 is 10.6 Å². The Morgan fingerprint density at radius 3 is 2.65 bits per heavy atom. The minimum Gasteiger partial charge on any atom is -0.357 e. The summed E-state index contributed by atoms with van der Waals surface area (Å²) < 4.78 is 0. The van der Waals surface area contributed by atoms with E-state index in [9.17, 15) is 0 Å². The van der Waals surface area contributed by atoms with Crippen LogP contribution in [-0.4, -0.2) is 48.1 Å². The van der Waals surface area contributed by atoms with Crippen molar-refractivity contribution in [1.29, 1.82) is 0 Å². The molecule has 1 unspecified atom stereocenters. The van der Waals surface area contributed by atoms with Crippen molar-refractivity contribution in [2.45, 2.75) is 52.6 Å². The van der Waals surface area contributed by atoms with Gasteiger partial charge in [0.2, 0.25) is 0 Å². The first-order valence-corrected chi connectivity index (χ1v) is 9.22. The molecule has 1 saturated heterocycles. The third-order valence-electron chi connectivity index (χ3n) is 4.02. The molecule has 0 saturated carbocycles. The van der Waals surface area contributed by atoms with Crippen LogP contribution in [0.4, 0.5) is 0 Å². The molecule has 1 aromatic rings. The van der Waals surface area contributed by atoms with Crippen molar-refractivity contribution in [3.8, 4) is 0 Å². The fraction of sp³-hybridized carbons (Fsp3) is 0.750. The summed E-state index contributed by atoms with van der Waals surface area (Å²) in [4.78, 5) is 12.9. The zero-order valence-electron chi connectivity index (χ0n) is 14.5. The summed E-state index contributed by atoms with van der Waals surface area (Å²) in [6.07, 6.45) is 5.77. The van der Waals surface area contributed by atoms with E-state index >= 15 is 0 Å². The van der Waals surface area contributed by atoms with E-state index in [2.05, 4.69) is 46.3 Å². The van der Waals surface area contributed by atoms with Crippen LogP contribution in [0.25, 0.3) is 0 Å². The number of aliphatic imine (C=N–C) groups is 1. The van der Waals surface area contributed by atoms with Gasteiger partial charge in [-0.25, -0.2) is 9.98 Å². The third kappa shape index (κ3) is 6.93. The summed E-state index contributed by atoms with van der Waals surface area (Å²) in [5.74, 6) is 0.896. The van der Waals surface area contributed by atoms with Crippen molar-refractivity contribution in [2.24, 2.45) is 4.99 Å². The Bertz CT molecular complexity index is 471. The topological polar surface area (TPSA) is 52.6 Å². The molecular formula is C16H30IN5S. The first-order valence-electron chi connectivity index (χ1n) is 8.40. The molecule has 2 heterocycles. The van der Waals surface area contributed by atoms with Gasteiger partial charge >= 0.3 is 0 Å². The van der Waals surface area contributed by atoms with Crippen LogP contribution >= 0.6 is 35.3 Å². The summed E-state index contributed by atoms with van der Waals surface area (Å²) >= 11 is 1.72. The molecule has 132 valence electrons. The summed E-state index contributed by atoms with van der Waals surface area (Å²) in [6.45, 7) is 11.4. The fourth-order valence-corrected chi connectivity index (χ4v) is 3.53. The first kappa shape index (κ1) is 20.6. The number of aromatic nitrogens is 1. The number of nitrogens with one attached hydrogen (secondary N) is 2. The largest absolute Gasteiger partial charge is 0.357 e. The van der Waals surface area contributed by atoms with E-state index in [4.69, 9.17) is 0 Å². The zero-order chi connectivity index (χ0) is 15.8. The molecule has 2 N–H and O–H groups in total. The highest BCUT2D eigenvalue weighted by atomic mass is 127. The minimum atomic E-state index is 0. The van der Waals surface area contributed by atoms with E-state index in [1.165, 1.54) is 37.2 Å². The number of hydrogen-bond acceptors (Lipinski definition) is 4. The number of halogens is 1. The number of nitrogens with zero attached hydrogens (tertiary/aromatic N) is 3. The monoisotopic (exact) mass is 451 g/mol. The Balaban J connectivity index is 0.00000264. The van der Waals surface area contributed by atoms with Crippen molar-refractivity contribution < 1.29 is 0 Å². The van der Waals surface area contributed by atoms with Crippen LogP contribution in [0.3, 0.4) is 0 Å². The molecule has 0 bridgehead atoms. The lowest BCUT2D eigenvalue weighted by molar-refractivity contribution is 0.236. The van der Waals surface area contributed by atoms with E-state index < -0.39 is 0 Å².